The largest absolute Gasteiger partial charge is 0.285 e. The Kier molecular flexibility index (Phi) is 5.44. The smallest absolute Gasteiger partial charge is 0.267 e. The van der Waals surface area contributed by atoms with Gasteiger partial charge in [-0.15, -0.1) is 0 Å². The molecule has 0 saturated carbocycles. The lowest BCUT2D eigenvalue weighted by molar-refractivity contribution is -0.123. The monoisotopic (exact) mass is 408 g/mol. The van der Waals surface area contributed by atoms with Crippen LogP contribution in [0.1, 0.15) is 15.9 Å². The molecule has 8 heteroatoms. The number of nitrogens with zero attached hydrogens (tertiary/aromatic N) is 1. The number of carbonyl (C=O) groups is 2. The van der Waals surface area contributed by atoms with Gasteiger partial charge in [0, 0.05) is 5.02 Å². The van der Waals surface area contributed by atoms with E-state index in [9.17, 15) is 9.59 Å². The zero-order chi connectivity index (χ0) is 18.0. The first-order chi connectivity index (χ1) is 12.0. The van der Waals surface area contributed by atoms with Crippen molar-refractivity contribution in [1.82, 2.24) is 10.4 Å². The third-order valence-corrected chi connectivity index (χ3v) is 5.18. The van der Waals surface area contributed by atoms with E-state index in [1.807, 2.05) is 0 Å². The molecule has 4 nitrogen and oxygen atoms in total. The van der Waals surface area contributed by atoms with Crippen LogP contribution in [0.2, 0.25) is 10.0 Å². The molecule has 1 aliphatic heterocycles. The molecule has 0 aliphatic carbocycles. The van der Waals surface area contributed by atoms with Crippen LogP contribution in [0, 0.1) is 0 Å². The van der Waals surface area contributed by atoms with Gasteiger partial charge in [0.25, 0.3) is 11.8 Å². The molecule has 3 rings (SSSR count). The number of nitrogens with one attached hydrogen (secondary N) is 1. The van der Waals surface area contributed by atoms with E-state index in [1.54, 1.807) is 54.6 Å². The van der Waals surface area contributed by atoms with Gasteiger partial charge in [-0.2, -0.15) is 5.01 Å². The standard InChI is InChI=1S/C17H10Cl2N2O2S2/c18-11-7-5-10(6-8-11)9-14-16(23)21(17(24)25-14)20-15(22)12-3-1-2-4-13(12)19/h1-9H,(H,20,22)/b14-9-. The second kappa shape index (κ2) is 7.58. The summed E-state index contributed by atoms with van der Waals surface area (Å²) in [6.45, 7) is 0. The second-order valence-electron chi connectivity index (χ2n) is 4.99. The average Bonchev–Trinajstić information content (AvgIpc) is 2.85. The van der Waals surface area contributed by atoms with Crippen molar-refractivity contribution >= 4 is 69.4 Å². The first-order valence-corrected chi connectivity index (χ1v) is 9.03. The first kappa shape index (κ1) is 17.9. The number of thioether (sulfide) groups is 1. The molecule has 0 spiro atoms. The van der Waals surface area contributed by atoms with Gasteiger partial charge in [0.05, 0.1) is 15.5 Å². The predicted molar refractivity (Wildman–Crippen MR) is 105 cm³/mol. The number of carbonyl (C=O) groups excluding carboxylic acids is 2. The molecule has 1 heterocycles. The molecule has 2 aromatic carbocycles. The van der Waals surface area contributed by atoms with E-state index in [4.69, 9.17) is 35.4 Å². The molecule has 1 N–H and O–H groups in total. The van der Waals surface area contributed by atoms with Gasteiger partial charge < -0.3 is 0 Å². The van der Waals surface area contributed by atoms with E-state index in [0.717, 1.165) is 22.3 Å². The maximum Gasteiger partial charge on any atom is 0.285 e. The lowest BCUT2D eigenvalue weighted by Crippen LogP contribution is -2.44. The number of hydrogen-bond acceptors (Lipinski definition) is 4. The van der Waals surface area contributed by atoms with Gasteiger partial charge in [0.2, 0.25) is 0 Å². The Bertz CT molecular complexity index is 898. The maximum atomic E-state index is 12.5. The molecule has 0 radical (unpaired) electrons. The van der Waals surface area contributed by atoms with Crippen LogP contribution in [0.5, 0.6) is 0 Å². The minimum Gasteiger partial charge on any atom is -0.267 e. The summed E-state index contributed by atoms with van der Waals surface area (Å²) in [6.07, 6.45) is 1.69. The van der Waals surface area contributed by atoms with Crippen molar-refractivity contribution < 1.29 is 9.59 Å². The zero-order valence-electron chi connectivity index (χ0n) is 12.5. The van der Waals surface area contributed by atoms with Crippen molar-refractivity contribution in [3.8, 4) is 0 Å². The van der Waals surface area contributed by atoms with E-state index < -0.39 is 11.8 Å². The number of halogens is 2. The van der Waals surface area contributed by atoms with E-state index in [1.165, 1.54) is 0 Å². The van der Waals surface area contributed by atoms with Gasteiger partial charge in [-0.1, -0.05) is 59.2 Å². The fraction of sp³-hybridized carbons (Fsp3) is 0. The Labute approximate surface area is 163 Å². The summed E-state index contributed by atoms with van der Waals surface area (Å²) in [5.41, 5.74) is 3.57. The van der Waals surface area contributed by atoms with Crippen molar-refractivity contribution in [3.63, 3.8) is 0 Å². The van der Waals surface area contributed by atoms with Crippen LogP contribution in [0.3, 0.4) is 0 Å². The zero-order valence-corrected chi connectivity index (χ0v) is 15.7. The predicted octanol–water partition coefficient (Wildman–Crippen LogP) is 4.54. The quantitative estimate of drug-likeness (QED) is 0.598. The minimum atomic E-state index is -0.505. The Morgan fingerprint density at radius 3 is 2.48 bits per heavy atom. The SMILES string of the molecule is O=C(NN1C(=O)/C(=C/c2ccc(Cl)cc2)SC1=S)c1ccccc1Cl. The molecular formula is C17H10Cl2N2O2S2. The fourth-order valence-corrected chi connectivity index (χ4v) is 3.61. The van der Waals surface area contributed by atoms with Crippen LogP contribution >= 0.6 is 47.2 Å². The first-order valence-electron chi connectivity index (χ1n) is 7.05. The van der Waals surface area contributed by atoms with E-state index >= 15 is 0 Å². The van der Waals surface area contributed by atoms with Crippen LogP contribution in [0.25, 0.3) is 6.08 Å². The Morgan fingerprint density at radius 2 is 1.80 bits per heavy atom. The van der Waals surface area contributed by atoms with Gasteiger partial charge in [-0.25, -0.2) is 0 Å². The highest BCUT2D eigenvalue weighted by Crippen LogP contribution is 2.31. The molecule has 1 aliphatic rings. The summed E-state index contributed by atoms with van der Waals surface area (Å²) >= 11 is 18.2. The average molecular weight is 409 g/mol. The van der Waals surface area contributed by atoms with Gasteiger partial charge in [0.1, 0.15) is 0 Å². The van der Waals surface area contributed by atoms with Crippen molar-refractivity contribution in [1.29, 1.82) is 0 Å². The highest BCUT2D eigenvalue weighted by molar-refractivity contribution is 8.26. The molecule has 126 valence electrons. The molecule has 25 heavy (non-hydrogen) atoms. The highest BCUT2D eigenvalue weighted by atomic mass is 35.5. The third kappa shape index (κ3) is 4.04. The molecular weight excluding hydrogens is 399 g/mol. The molecule has 1 fully saturated rings. The second-order valence-corrected chi connectivity index (χ2v) is 7.51. The lowest BCUT2D eigenvalue weighted by atomic mass is 10.2. The van der Waals surface area contributed by atoms with E-state index in [2.05, 4.69) is 5.43 Å². The Hall–Kier alpha value is -1.86. The maximum absolute atomic E-state index is 12.5. The van der Waals surface area contributed by atoms with Gasteiger partial charge in [-0.05, 0) is 48.1 Å². The van der Waals surface area contributed by atoms with Crippen LogP contribution in [0.4, 0.5) is 0 Å². The molecule has 0 aromatic heterocycles. The van der Waals surface area contributed by atoms with Crippen molar-refractivity contribution in [2.45, 2.75) is 0 Å². The van der Waals surface area contributed by atoms with Gasteiger partial charge in [-0.3, -0.25) is 15.0 Å². The van der Waals surface area contributed by atoms with Gasteiger partial charge >= 0.3 is 0 Å². The van der Waals surface area contributed by atoms with E-state index in [-0.39, 0.29) is 9.88 Å². The molecule has 1 saturated heterocycles. The lowest BCUT2D eigenvalue weighted by Gasteiger charge is -2.16. The van der Waals surface area contributed by atoms with Crippen molar-refractivity contribution in [3.05, 3.63) is 74.6 Å². The number of thiocarbonyl (C=S) groups is 1. The van der Waals surface area contributed by atoms with Gasteiger partial charge in [0.15, 0.2) is 4.32 Å². The summed E-state index contributed by atoms with van der Waals surface area (Å²) < 4.78 is 0.241. The fourth-order valence-electron chi connectivity index (χ4n) is 2.08. The number of hydrazine groups is 1. The molecule has 0 bridgehead atoms. The molecule has 0 unspecified atom stereocenters. The number of amides is 2. The summed E-state index contributed by atoms with van der Waals surface area (Å²) in [6, 6.07) is 13.6. The van der Waals surface area contributed by atoms with Crippen LogP contribution in [-0.2, 0) is 4.79 Å². The Balaban J connectivity index is 1.79. The van der Waals surface area contributed by atoms with Crippen LogP contribution in [0.15, 0.2) is 53.4 Å². The van der Waals surface area contributed by atoms with Crippen LogP contribution < -0.4 is 5.43 Å². The van der Waals surface area contributed by atoms with Crippen LogP contribution in [-0.4, -0.2) is 21.1 Å². The summed E-state index contributed by atoms with van der Waals surface area (Å²) in [4.78, 5) is 25.2. The number of rotatable bonds is 3. The highest BCUT2D eigenvalue weighted by Gasteiger charge is 2.34. The molecule has 0 atom stereocenters. The number of hydrogen-bond donors (Lipinski definition) is 1. The summed E-state index contributed by atoms with van der Waals surface area (Å²) in [5, 5.41) is 1.95. The molecule has 2 amide bonds. The molecule has 2 aromatic rings. The minimum absolute atomic E-state index is 0.241. The third-order valence-electron chi connectivity index (χ3n) is 3.29. The Morgan fingerprint density at radius 1 is 1.12 bits per heavy atom. The van der Waals surface area contributed by atoms with E-state index in [0.29, 0.717) is 15.0 Å². The topological polar surface area (TPSA) is 49.4 Å². The number of benzene rings is 2. The summed E-state index contributed by atoms with van der Waals surface area (Å²) in [5.74, 6) is -0.903. The normalized spacial score (nSPS) is 15.8. The van der Waals surface area contributed by atoms with Crippen molar-refractivity contribution in [2.75, 3.05) is 0 Å². The summed E-state index contributed by atoms with van der Waals surface area (Å²) in [7, 11) is 0. The van der Waals surface area contributed by atoms with Crippen molar-refractivity contribution in [2.24, 2.45) is 0 Å².